The molecule has 20 heavy (non-hydrogen) atoms. The van der Waals surface area contributed by atoms with E-state index in [0.717, 1.165) is 21.3 Å². The number of aliphatic hydroxyl groups is 1. The summed E-state index contributed by atoms with van der Waals surface area (Å²) in [4.78, 5) is 26.2. The summed E-state index contributed by atoms with van der Waals surface area (Å²) in [5, 5.41) is 12.7. The smallest absolute Gasteiger partial charge is 0.347 e. The molecule has 0 aliphatic rings. The molecule has 1 aromatic carbocycles. The van der Waals surface area contributed by atoms with Crippen LogP contribution >= 0.6 is 11.8 Å². The average Bonchev–Trinajstić information content (AvgIpc) is 2.45. The van der Waals surface area contributed by atoms with Gasteiger partial charge in [-0.25, -0.2) is 4.79 Å². The van der Waals surface area contributed by atoms with Gasteiger partial charge in [-0.3, -0.25) is 9.78 Å². The predicted octanol–water partition coefficient (Wildman–Crippen LogP) is 0.0492. The van der Waals surface area contributed by atoms with Crippen molar-refractivity contribution in [1.82, 2.24) is 14.8 Å². The molecule has 0 aliphatic heterocycles. The molecule has 0 saturated carbocycles. The highest BCUT2D eigenvalue weighted by atomic mass is 32.2. The van der Waals surface area contributed by atoms with E-state index in [1.165, 1.54) is 0 Å². The summed E-state index contributed by atoms with van der Waals surface area (Å²) in [6.07, 6.45) is 0. The molecule has 0 bridgehead atoms. The van der Waals surface area contributed by atoms with Crippen molar-refractivity contribution in [3.63, 3.8) is 0 Å². The van der Waals surface area contributed by atoms with Crippen LogP contribution in [0, 0.1) is 0 Å². The molecule has 2 aromatic rings. The van der Waals surface area contributed by atoms with Crippen LogP contribution in [0.25, 0.3) is 0 Å². The number of rotatable bonds is 6. The second-order valence-electron chi connectivity index (χ2n) is 3.74. The molecule has 106 valence electrons. The Morgan fingerprint density at radius 3 is 2.75 bits per heavy atom. The second-order valence-corrected chi connectivity index (χ2v) is 4.80. The number of aromatic amines is 1. The Morgan fingerprint density at radius 1 is 1.30 bits per heavy atom. The quantitative estimate of drug-likeness (QED) is 0.731. The number of aliphatic hydroxyl groups excluding tert-OH is 1. The van der Waals surface area contributed by atoms with Crippen LogP contribution in [-0.2, 0) is 11.5 Å². The van der Waals surface area contributed by atoms with Crippen LogP contribution in [0.15, 0.2) is 49.8 Å². The molecule has 1 aromatic heterocycles. The van der Waals surface area contributed by atoms with Gasteiger partial charge in [-0.1, -0.05) is 30.0 Å². The number of hydrogen-bond acceptors (Lipinski definition) is 6. The minimum absolute atomic E-state index is 0.0917. The van der Waals surface area contributed by atoms with Gasteiger partial charge in [0, 0.05) is 4.90 Å². The van der Waals surface area contributed by atoms with Gasteiger partial charge in [0.25, 0.3) is 5.56 Å². The number of nitrogens with one attached hydrogen (secondary N) is 1. The fraction of sp³-hybridized carbons (Fsp3) is 0.250. The van der Waals surface area contributed by atoms with Gasteiger partial charge < -0.3 is 9.84 Å². The van der Waals surface area contributed by atoms with E-state index >= 15 is 0 Å². The monoisotopic (exact) mass is 295 g/mol. The summed E-state index contributed by atoms with van der Waals surface area (Å²) in [6.45, 7) is -0.184. The van der Waals surface area contributed by atoms with Crippen molar-refractivity contribution in [2.24, 2.45) is 0 Å². The Bertz CT molecular complexity index is 668. The van der Waals surface area contributed by atoms with Crippen LogP contribution in [0.4, 0.5) is 0 Å². The molecular weight excluding hydrogens is 282 g/mol. The molecular formula is C12H13N3O4S. The van der Waals surface area contributed by atoms with Gasteiger partial charge in [0.1, 0.15) is 6.73 Å². The van der Waals surface area contributed by atoms with Crippen LogP contribution in [0.2, 0.25) is 0 Å². The Labute approximate surface area is 118 Å². The Morgan fingerprint density at radius 2 is 2.05 bits per heavy atom. The highest BCUT2D eigenvalue weighted by Gasteiger charge is 2.08. The summed E-state index contributed by atoms with van der Waals surface area (Å²) in [7, 11) is 0. The minimum Gasteiger partial charge on any atom is -0.394 e. The fourth-order valence-corrected chi connectivity index (χ4v) is 2.19. The molecule has 0 saturated heterocycles. The fourth-order valence-electron chi connectivity index (χ4n) is 1.39. The van der Waals surface area contributed by atoms with Crippen molar-refractivity contribution in [2.45, 2.75) is 16.7 Å². The summed E-state index contributed by atoms with van der Waals surface area (Å²) >= 11 is 1.16. The third-order valence-corrected chi connectivity index (χ3v) is 3.24. The van der Waals surface area contributed by atoms with Gasteiger partial charge in [0.15, 0.2) is 5.03 Å². The first kappa shape index (κ1) is 14.5. The van der Waals surface area contributed by atoms with Crippen molar-refractivity contribution in [1.29, 1.82) is 0 Å². The lowest BCUT2D eigenvalue weighted by Crippen LogP contribution is -2.34. The van der Waals surface area contributed by atoms with E-state index in [-0.39, 0.29) is 25.0 Å². The van der Waals surface area contributed by atoms with Crippen molar-refractivity contribution in [2.75, 3.05) is 13.2 Å². The molecule has 0 spiro atoms. The second kappa shape index (κ2) is 7.04. The van der Waals surface area contributed by atoms with Crippen molar-refractivity contribution < 1.29 is 9.84 Å². The van der Waals surface area contributed by atoms with Gasteiger partial charge in [0.2, 0.25) is 0 Å². The first-order valence-corrected chi connectivity index (χ1v) is 6.65. The molecule has 0 aliphatic carbocycles. The molecule has 0 atom stereocenters. The van der Waals surface area contributed by atoms with Crippen LogP contribution in [-0.4, -0.2) is 33.1 Å². The Balaban J connectivity index is 2.22. The summed E-state index contributed by atoms with van der Waals surface area (Å²) in [5.74, 6) is 0. The maximum absolute atomic E-state index is 11.7. The van der Waals surface area contributed by atoms with Gasteiger partial charge in [-0.15, -0.1) is 0 Å². The number of nitrogens with zero attached hydrogens (tertiary/aromatic N) is 2. The number of H-pyrrole nitrogens is 1. The van der Waals surface area contributed by atoms with E-state index in [1.54, 1.807) is 0 Å². The zero-order chi connectivity index (χ0) is 14.4. The van der Waals surface area contributed by atoms with Crippen LogP contribution in [0.3, 0.4) is 0 Å². The molecule has 0 amide bonds. The lowest BCUT2D eigenvalue weighted by molar-refractivity contribution is 0.0372. The van der Waals surface area contributed by atoms with E-state index in [0.29, 0.717) is 0 Å². The molecule has 8 heteroatoms. The lowest BCUT2D eigenvalue weighted by atomic mass is 10.4. The molecule has 7 nitrogen and oxygen atoms in total. The normalized spacial score (nSPS) is 10.7. The minimum atomic E-state index is -0.648. The average molecular weight is 295 g/mol. The van der Waals surface area contributed by atoms with E-state index in [1.807, 2.05) is 30.3 Å². The Kier molecular flexibility index (Phi) is 5.10. The molecule has 0 radical (unpaired) electrons. The third kappa shape index (κ3) is 3.80. The summed E-state index contributed by atoms with van der Waals surface area (Å²) in [5.41, 5.74) is -1.19. The van der Waals surface area contributed by atoms with Gasteiger partial charge >= 0.3 is 5.69 Å². The number of aromatic nitrogens is 3. The van der Waals surface area contributed by atoms with E-state index in [4.69, 9.17) is 9.84 Å². The molecule has 2 N–H and O–H groups in total. The highest BCUT2D eigenvalue weighted by molar-refractivity contribution is 7.99. The van der Waals surface area contributed by atoms with Gasteiger partial charge in [-0.05, 0) is 12.1 Å². The first-order valence-electron chi connectivity index (χ1n) is 5.83. The zero-order valence-corrected chi connectivity index (χ0v) is 11.3. The summed E-state index contributed by atoms with van der Waals surface area (Å²) < 4.78 is 6.02. The zero-order valence-electron chi connectivity index (χ0n) is 10.5. The summed E-state index contributed by atoms with van der Waals surface area (Å²) in [6, 6.07) is 9.23. The van der Waals surface area contributed by atoms with E-state index in [2.05, 4.69) is 10.1 Å². The van der Waals surface area contributed by atoms with Crippen molar-refractivity contribution in [3.8, 4) is 0 Å². The third-order valence-electron chi connectivity index (χ3n) is 2.27. The van der Waals surface area contributed by atoms with Crippen LogP contribution in [0.1, 0.15) is 0 Å². The van der Waals surface area contributed by atoms with Crippen molar-refractivity contribution in [3.05, 3.63) is 51.2 Å². The number of benzene rings is 1. The van der Waals surface area contributed by atoms with E-state index in [9.17, 15) is 9.59 Å². The SMILES string of the molecule is O=c1[nH]c(=O)n(COCCO)nc1Sc1ccccc1. The van der Waals surface area contributed by atoms with Crippen LogP contribution < -0.4 is 11.2 Å². The van der Waals surface area contributed by atoms with Crippen molar-refractivity contribution >= 4 is 11.8 Å². The highest BCUT2D eigenvalue weighted by Crippen LogP contribution is 2.21. The molecule has 0 unspecified atom stereocenters. The molecule has 2 rings (SSSR count). The largest absolute Gasteiger partial charge is 0.394 e. The topological polar surface area (TPSA) is 97.2 Å². The Hall–Kier alpha value is -1.90. The van der Waals surface area contributed by atoms with E-state index < -0.39 is 11.2 Å². The molecule has 0 fully saturated rings. The van der Waals surface area contributed by atoms with Gasteiger partial charge in [0.05, 0.1) is 13.2 Å². The standard InChI is InChI=1S/C12H13N3O4S/c16-6-7-19-8-15-12(18)13-10(17)11(14-15)20-9-4-2-1-3-5-9/h1-5,16H,6-8H2,(H,13,17,18). The molecule has 1 heterocycles. The number of ether oxygens (including phenoxy) is 1. The van der Waals surface area contributed by atoms with Crippen LogP contribution in [0.5, 0.6) is 0 Å². The van der Waals surface area contributed by atoms with Gasteiger partial charge in [-0.2, -0.15) is 9.78 Å². The lowest BCUT2D eigenvalue weighted by Gasteiger charge is -2.06. The maximum atomic E-state index is 11.7. The first-order chi connectivity index (χ1) is 9.70. The maximum Gasteiger partial charge on any atom is 0.347 e. The number of hydrogen-bond donors (Lipinski definition) is 2. The predicted molar refractivity (Wildman–Crippen MR) is 72.7 cm³/mol.